The van der Waals surface area contributed by atoms with Crippen LogP contribution in [0.1, 0.15) is 31.9 Å². The van der Waals surface area contributed by atoms with E-state index in [9.17, 15) is 8.42 Å². The summed E-state index contributed by atoms with van der Waals surface area (Å²) >= 11 is 0. The monoisotopic (exact) mass is 283 g/mol. The molecule has 0 atom stereocenters. The molecular formula is C13H21N3O2S. The van der Waals surface area contributed by atoms with Crippen molar-refractivity contribution >= 4 is 15.9 Å². The first-order chi connectivity index (χ1) is 8.77. The largest absolute Gasteiger partial charge is 0.312 e. The summed E-state index contributed by atoms with van der Waals surface area (Å²) in [5.41, 5.74) is 2.42. The average Bonchev–Trinajstić information content (AvgIpc) is 2.25. The second kappa shape index (κ2) is 5.11. The van der Waals surface area contributed by atoms with Crippen molar-refractivity contribution in [3.05, 3.63) is 29.3 Å². The van der Waals surface area contributed by atoms with Gasteiger partial charge in [-0.2, -0.15) is 13.1 Å². The van der Waals surface area contributed by atoms with Crippen LogP contribution in [0.25, 0.3) is 0 Å². The maximum absolute atomic E-state index is 12.1. The lowest BCUT2D eigenvalue weighted by Crippen LogP contribution is -2.43. The fraction of sp³-hybridized carbons (Fsp3) is 0.538. The third kappa shape index (κ3) is 3.92. The van der Waals surface area contributed by atoms with Crippen molar-refractivity contribution in [3.63, 3.8) is 0 Å². The molecule has 0 saturated carbocycles. The van der Waals surface area contributed by atoms with Crippen LogP contribution in [0.4, 0.5) is 5.69 Å². The summed E-state index contributed by atoms with van der Waals surface area (Å²) in [5.74, 6) is 0. The van der Waals surface area contributed by atoms with Crippen molar-refractivity contribution in [2.45, 2.75) is 39.3 Å². The first-order valence-corrected chi connectivity index (χ1v) is 7.88. The van der Waals surface area contributed by atoms with Crippen molar-refractivity contribution in [1.82, 2.24) is 10.0 Å². The van der Waals surface area contributed by atoms with Crippen LogP contribution in [0.3, 0.4) is 0 Å². The molecule has 2 rings (SSSR count). The number of hydrogen-bond donors (Lipinski definition) is 3. The zero-order valence-electron chi connectivity index (χ0n) is 11.6. The van der Waals surface area contributed by atoms with Crippen molar-refractivity contribution in [2.75, 3.05) is 11.3 Å². The Balaban J connectivity index is 2.24. The lowest BCUT2D eigenvalue weighted by atomic mass is 9.99. The molecule has 3 N–H and O–H groups in total. The fourth-order valence-corrected chi connectivity index (χ4v) is 3.54. The third-order valence-electron chi connectivity index (χ3n) is 2.83. The quantitative estimate of drug-likeness (QED) is 0.785. The van der Waals surface area contributed by atoms with E-state index < -0.39 is 15.7 Å². The smallest absolute Gasteiger partial charge is 0.299 e. The molecule has 0 unspecified atom stereocenters. The molecule has 0 amide bonds. The fourth-order valence-electron chi connectivity index (χ4n) is 2.20. The summed E-state index contributed by atoms with van der Waals surface area (Å²) in [5, 5.41) is 3.28. The van der Waals surface area contributed by atoms with Gasteiger partial charge in [-0.05, 0) is 50.9 Å². The van der Waals surface area contributed by atoms with E-state index in [0.29, 0.717) is 5.69 Å². The van der Waals surface area contributed by atoms with Crippen LogP contribution < -0.4 is 14.8 Å². The van der Waals surface area contributed by atoms with Crippen LogP contribution in [0.5, 0.6) is 0 Å². The van der Waals surface area contributed by atoms with Crippen LogP contribution in [0, 0.1) is 0 Å². The molecule has 0 saturated heterocycles. The molecule has 0 aliphatic carbocycles. The van der Waals surface area contributed by atoms with Crippen LogP contribution in [-0.4, -0.2) is 20.5 Å². The molecule has 6 heteroatoms. The number of anilines is 1. The SMILES string of the molecule is CC(C)(C)NS(=O)(=O)Nc1cccc2c1CCNC2. The Kier molecular flexibility index (Phi) is 3.85. The van der Waals surface area contributed by atoms with E-state index in [1.54, 1.807) is 0 Å². The normalized spacial score (nSPS) is 15.9. The van der Waals surface area contributed by atoms with Crippen molar-refractivity contribution in [3.8, 4) is 0 Å². The average molecular weight is 283 g/mol. The Morgan fingerprint density at radius 3 is 2.68 bits per heavy atom. The summed E-state index contributed by atoms with van der Waals surface area (Å²) in [4.78, 5) is 0. The van der Waals surface area contributed by atoms with Gasteiger partial charge in [0.2, 0.25) is 0 Å². The standard InChI is InChI=1S/C13H21N3O2S/c1-13(2,3)16-19(17,18)15-12-6-4-5-10-9-14-8-7-11(10)12/h4-6,14-16H,7-9H2,1-3H3. The predicted octanol–water partition coefficient (Wildman–Crippen LogP) is 1.38. The van der Waals surface area contributed by atoms with Gasteiger partial charge in [0, 0.05) is 12.1 Å². The Morgan fingerprint density at radius 1 is 1.26 bits per heavy atom. The lowest BCUT2D eigenvalue weighted by Gasteiger charge is -2.24. The van der Waals surface area contributed by atoms with Gasteiger partial charge in [-0.3, -0.25) is 4.72 Å². The van der Waals surface area contributed by atoms with Gasteiger partial charge < -0.3 is 5.32 Å². The molecule has 0 spiro atoms. The summed E-state index contributed by atoms with van der Waals surface area (Å²) in [7, 11) is -3.55. The van der Waals surface area contributed by atoms with E-state index in [1.165, 1.54) is 0 Å². The third-order valence-corrected chi connectivity index (χ3v) is 4.19. The van der Waals surface area contributed by atoms with E-state index >= 15 is 0 Å². The van der Waals surface area contributed by atoms with Crippen LogP contribution >= 0.6 is 0 Å². The van der Waals surface area contributed by atoms with Gasteiger partial charge in [-0.15, -0.1) is 0 Å². The summed E-state index contributed by atoms with van der Waals surface area (Å²) in [6.45, 7) is 7.11. The summed E-state index contributed by atoms with van der Waals surface area (Å²) in [6.07, 6.45) is 0.837. The van der Waals surface area contributed by atoms with E-state index in [4.69, 9.17) is 0 Å². The highest BCUT2D eigenvalue weighted by atomic mass is 32.2. The van der Waals surface area contributed by atoms with E-state index in [-0.39, 0.29) is 0 Å². The minimum atomic E-state index is -3.55. The second-order valence-corrected chi connectivity index (χ2v) is 7.24. The molecule has 1 aliphatic rings. The molecule has 1 heterocycles. The van der Waals surface area contributed by atoms with E-state index in [0.717, 1.165) is 30.6 Å². The summed E-state index contributed by atoms with van der Waals surface area (Å²) in [6, 6.07) is 5.71. The van der Waals surface area contributed by atoms with Gasteiger partial charge >= 0.3 is 0 Å². The molecule has 1 aromatic carbocycles. The molecule has 106 valence electrons. The zero-order chi connectivity index (χ0) is 14.1. The second-order valence-electron chi connectivity index (χ2n) is 5.83. The molecule has 0 bridgehead atoms. The highest BCUT2D eigenvalue weighted by Gasteiger charge is 2.21. The number of fused-ring (bicyclic) bond motifs is 1. The Hall–Kier alpha value is -1.11. The Labute approximate surface area is 115 Å². The summed E-state index contributed by atoms with van der Waals surface area (Å²) < 4.78 is 29.4. The van der Waals surface area contributed by atoms with Gasteiger partial charge in [0.1, 0.15) is 0 Å². The molecule has 19 heavy (non-hydrogen) atoms. The minimum absolute atomic E-state index is 0.498. The first-order valence-electron chi connectivity index (χ1n) is 6.40. The minimum Gasteiger partial charge on any atom is -0.312 e. The maximum Gasteiger partial charge on any atom is 0.299 e. The molecule has 5 nitrogen and oxygen atoms in total. The number of benzene rings is 1. The van der Waals surface area contributed by atoms with Crippen LogP contribution in [-0.2, 0) is 23.2 Å². The zero-order valence-corrected chi connectivity index (χ0v) is 12.4. The Bertz CT molecular complexity index is 562. The van der Waals surface area contributed by atoms with Gasteiger partial charge in [0.05, 0.1) is 5.69 Å². The topological polar surface area (TPSA) is 70.2 Å². The Morgan fingerprint density at radius 2 is 2.00 bits per heavy atom. The molecular weight excluding hydrogens is 262 g/mol. The van der Waals surface area contributed by atoms with E-state index in [1.807, 2.05) is 39.0 Å². The van der Waals surface area contributed by atoms with Gasteiger partial charge in [0.25, 0.3) is 10.2 Å². The highest BCUT2D eigenvalue weighted by molar-refractivity contribution is 7.90. The predicted molar refractivity (Wildman–Crippen MR) is 77.3 cm³/mol. The number of hydrogen-bond acceptors (Lipinski definition) is 3. The van der Waals surface area contributed by atoms with Crippen LogP contribution in [0.15, 0.2) is 18.2 Å². The van der Waals surface area contributed by atoms with Gasteiger partial charge in [-0.1, -0.05) is 12.1 Å². The molecule has 0 radical (unpaired) electrons. The van der Waals surface area contributed by atoms with Gasteiger partial charge in [-0.25, -0.2) is 0 Å². The van der Waals surface area contributed by atoms with E-state index in [2.05, 4.69) is 14.8 Å². The molecule has 1 aliphatic heterocycles. The highest BCUT2D eigenvalue weighted by Crippen LogP contribution is 2.24. The molecule has 0 aromatic heterocycles. The van der Waals surface area contributed by atoms with Crippen molar-refractivity contribution in [1.29, 1.82) is 0 Å². The first kappa shape index (κ1) is 14.3. The van der Waals surface area contributed by atoms with Crippen LogP contribution in [0.2, 0.25) is 0 Å². The van der Waals surface area contributed by atoms with Gasteiger partial charge in [0.15, 0.2) is 0 Å². The molecule has 0 fully saturated rings. The number of nitrogens with one attached hydrogen (secondary N) is 3. The molecule has 1 aromatic rings. The number of rotatable bonds is 3. The lowest BCUT2D eigenvalue weighted by molar-refractivity contribution is 0.494. The van der Waals surface area contributed by atoms with Crippen molar-refractivity contribution in [2.24, 2.45) is 0 Å². The van der Waals surface area contributed by atoms with Crippen molar-refractivity contribution < 1.29 is 8.42 Å². The maximum atomic E-state index is 12.1.